The Morgan fingerprint density at radius 3 is 2.55 bits per heavy atom. The van der Waals surface area contributed by atoms with Gasteiger partial charge in [-0.1, -0.05) is 48.5 Å². The van der Waals surface area contributed by atoms with Crippen molar-refractivity contribution in [1.29, 1.82) is 0 Å². The van der Waals surface area contributed by atoms with Crippen molar-refractivity contribution in [1.82, 2.24) is 9.71 Å². The average molecular weight is 625 g/mol. The van der Waals surface area contributed by atoms with Crippen molar-refractivity contribution in [3.63, 3.8) is 0 Å². The van der Waals surface area contributed by atoms with Crippen molar-refractivity contribution in [3.05, 3.63) is 107 Å². The second kappa shape index (κ2) is 12.9. The van der Waals surface area contributed by atoms with Gasteiger partial charge in [-0.3, -0.25) is 0 Å². The molecule has 0 bridgehead atoms. The first-order valence-corrected chi connectivity index (χ1v) is 16.2. The number of esters is 1. The number of hydrogen-bond acceptors (Lipinski definition) is 7. The fourth-order valence-corrected chi connectivity index (χ4v) is 6.66. The summed E-state index contributed by atoms with van der Waals surface area (Å²) in [4.78, 5) is 17.1. The molecule has 0 spiro atoms. The van der Waals surface area contributed by atoms with Crippen LogP contribution >= 0.6 is 0 Å². The maximum absolute atomic E-state index is 15.4. The number of aryl methyl sites for hydroxylation is 1. The molecule has 3 aromatic carbocycles. The van der Waals surface area contributed by atoms with E-state index in [4.69, 9.17) is 13.9 Å². The van der Waals surface area contributed by atoms with Crippen molar-refractivity contribution in [3.8, 4) is 16.9 Å². The molecule has 232 valence electrons. The van der Waals surface area contributed by atoms with Crippen LogP contribution in [0.1, 0.15) is 59.5 Å². The smallest absolute Gasteiger partial charge is 0.360 e. The molecule has 0 unspecified atom stereocenters. The Kier molecular flexibility index (Phi) is 9.17. The van der Waals surface area contributed by atoms with Crippen LogP contribution < -0.4 is 9.46 Å². The number of oxazole rings is 1. The van der Waals surface area contributed by atoms with Gasteiger partial charge in [0.1, 0.15) is 18.2 Å². The van der Waals surface area contributed by atoms with E-state index in [1.165, 1.54) is 18.2 Å². The lowest BCUT2D eigenvalue weighted by atomic mass is 9.79. The Bertz CT molecular complexity index is 1760. The van der Waals surface area contributed by atoms with E-state index in [1.807, 2.05) is 30.3 Å². The highest BCUT2D eigenvalue weighted by Crippen LogP contribution is 2.45. The Morgan fingerprint density at radius 2 is 1.82 bits per heavy atom. The van der Waals surface area contributed by atoms with Gasteiger partial charge >= 0.3 is 5.97 Å². The number of benzene rings is 3. The highest BCUT2D eigenvalue weighted by atomic mass is 32.2. The molecular formula is C33H34F2N2O6S. The molecule has 1 aromatic heterocycles. The molecule has 5 rings (SSSR count). The van der Waals surface area contributed by atoms with Gasteiger partial charge in [-0.25, -0.2) is 31.7 Å². The van der Waals surface area contributed by atoms with E-state index < -0.39 is 39.1 Å². The van der Waals surface area contributed by atoms with Crippen molar-refractivity contribution in [2.24, 2.45) is 0 Å². The number of para-hydroxylation sites is 1. The normalized spacial score (nSPS) is 18.3. The van der Waals surface area contributed by atoms with E-state index >= 15 is 8.78 Å². The standard InChI is InChI=1S/C33H34F2N2O6S/c1-4-41-31(38)29-21(2)43-32(36-29)33(16-15-24(19-33)37-44(3,39)40)18-23-13-14-27(34)26(17-23)25-11-8-12-28(35)30(25)42-20-22-9-6-5-7-10-22/h5-14,17,24,37H,4,15-16,18-20H2,1-3H3/t24-,33+/m0/s1. The third-order valence-electron chi connectivity index (χ3n) is 7.76. The third-order valence-corrected chi connectivity index (χ3v) is 8.53. The van der Waals surface area contributed by atoms with Crippen molar-refractivity contribution >= 4 is 16.0 Å². The van der Waals surface area contributed by atoms with E-state index in [0.717, 1.165) is 11.8 Å². The molecule has 4 aromatic rings. The molecule has 1 N–H and O–H groups in total. The minimum absolute atomic E-state index is 0.0560. The highest BCUT2D eigenvalue weighted by molar-refractivity contribution is 7.88. The van der Waals surface area contributed by atoms with Crippen molar-refractivity contribution in [2.75, 3.05) is 12.9 Å². The van der Waals surface area contributed by atoms with Gasteiger partial charge < -0.3 is 13.9 Å². The second-order valence-corrected chi connectivity index (χ2v) is 12.9. The largest absolute Gasteiger partial charge is 0.485 e. The van der Waals surface area contributed by atoms with Crippen LogP contribution in [0.15, 0.2) is 71.1 Å². The number of halogens is 2. The number of carbonyl (C=O) groups is 1. The molecule has 1 heterocycles. The van der Waals surface area contributed by atoms with Gasteiger partial charge in [-0.2, -0.15) is 0 Å². The molecule has 0 aliphatic heterocycles. The summed E-state index contributed by atoms with van der Waals surface area (Å²) in [6.45, 7) is 3.58. The summed E-state index contributed by atoms with van der Waals surface area (Å²) in [7, 11) is -3.49. The monoisotopic (exact) mass is 624 g/mol. The number of nitrogens with zero attached hydrogens (tertiary/aromatic N) is 1. The minimum atomic E-state index is -3.49. The topological polar surface area (TPSA) is 108 Å². The third kappa shape index (κ3) is 7.00. The summed E-state index contributed by atoms with van der Waals surface area (Å²) in [5.74, 6) is -1.29. The van der Waals surface area contributed by atoms with Gasteiger partial charge in [0.15, 0.2) is 17.3 Å². The zero-order valence-electron chi connectivity index (χ0n) is 24.7. The van der Waals surface area contributed by atoms with Gasteiger partial charge in [0.05, 0.1) is 18.3 Å². The maximum Gasteiger partial charge on any atom is 0.360 e. The Hall–Kier alpha value is -4.09. The first kappa shape index (κ1) is 31.3. The Morgan fingerprint density at radius 1 is 1.05 bits per heavy atom. The molecule has 1 fully saturated rings. The predicted molar refractivity (Wildman–Crippen MR) is 161 cm³/mol. The van der Waals surface area contributed by atoms with E-state index in [-0.39, 0.29) is 47.4 Å². The number of hydrogen-bond donors (Lipinski definition) is 1. The molecule has 0 amide bonds. The number of ether oxygens (including phenoxy) is 2. The van der Waals surface area contributed by atoms with Gasteiger partial charge in [0.25, 0.3) is 0 Å². The second-order valence-electron chi connectivity index (χ2n) is 11.1. The van der Waals surface area contributed by atoms with Crippen LogP contribution in [0.2, 0.25) is 0 Å². The number of carbonyl (C=O) groups excluding carboxylic acids is 1. The molecule has 11 heteroatoms. The average Bonchev–Trinajstić information content (AvgIpc) is 3.57. The zero-order valence-corrected chi connectivity index (χ0v) is 25.5. The van der Waals surface area contributed by atoms with Crippen LogP contribution in [-0.4, -0.2) is 38.3 Å². The molecule has 1 aliphatic carbocycles. The Labute approximate surface area is 255 Å². The van der Waals surface area contributed by atoms with Crippen LogP contribution in [-0.2, 0) is 33.2 Å². The summed E-state index contributed by atoms with van der Waals surface area (Å²) >= 11 is 0. The summed E-state index contributed by atoms with van der Waals surface area (Å²) in [6.07, 6.45) is 2.71. The lowest BCUT2D eigenvalue weighted by Gasteiger charge is -2.27. The van der Waals surface area contributed by atoms with Crippen LogP contribution in [0.5, 0.6) is 5.75 Å². The summed E-state index contributed by atoms with van der Waals surface area (Å²) < 4.78 is 74.3. The molecule has 2 atom stereocenters. The molecular weight excluding hydrogens is 590 g/mol. The fourth-order valence-electron chi connectivity index (χ4n) is 5.85. The molecule has 1 aliphatic rings. The SMILES string of the molecule is CCOC(=O)c1nc([C@@]2(Cc3ccc(F)c(-c4cccc(F)c4OCc4ccccc4)c3)CC[C@H](NS(C)(=O)=O)C2)oc1C. The lowest BCUT2D eigenvalue weighted by molar-refractivity contribution is 0.0518. The van der Waals surface area contributed by atoms with E-state index in [0.29, 0.717) is 31.2 Å². The van der Waals surface area contributed by atoms with Gasteiger partial charge in [0.2, 0.25) is 15.9 Å². The lowest BCUT2D eigenvalue weighted by Crippen LogP contribution is -2.35. The van der Waals surface area contributed by atoms with Crippen LogP contribution in [0.3, 0.4) is 0 Å². The molecule has 44 heavy (non-hydrogen) atoms. The highest BCUT2D eigenvalue weighted by Gasteiger charge is 2.46. The fraction of sp³-hybridized carbons (Fsp3) is 0.333. The Balaban J connectivity index is 1.51. The number of aromatic nitrogens is 1. The molecule has 0 saturated heterocycles. The first-order chi connectivity index (χ1) is 21.0. The predicted octanol–water partition coefficient (Wildman–Crippen LogP) is 6.27. The summed E-state index contributed by atoms with van der Waals surface area (Å²) in [5.41, 5.74) is 1.17. The van der Waals surface area contributed by atoms with Crippen LogP contribution in [0, 0.1) is 18.6 Å². The van der Waals surface area contributed by atoms with Gasteiger partial charge in [0, 0.05) is 17.2 Å². The molecule has 1 saturated carbocycles. The van der Waals surface area contributed by atoms with E-state index in [9.17, 15) is 13.2 Å². The van der Waals surface area contributed by atoms with E-state index in [2.05, 4.69) is 9.71 Å². The number of sulfonamides is 1. The number of rotatable bonds is 11. The molecule has 8 nitrogen and oxygen atoms in total. The van der Waals surface area contributed by atoms with Crippen molar-refractivity contribution in [2.45, 2.75) is 57.6 Å². The summed E-state index contributed by atoms with van der Waals surface area (Å²) in [6, 6.07) is 17.8. The summed E-state index contributed by atoms with van der Waals surface area (Å²) in [5, 5.41) is 0. The van der Waals surface area contributed by atoms with Crippen LogP contribution in [0.25, 0.3) is 11.1 Å². The van der Waals surface area contributed by atoms with Gasteiger partial charge in [-0.15, -0.1) is 0 Å². The van der Waals surface area contributed by atoms with Gasteiger partial charge in [-0.05, 0) is 68.9 Å². The molecule has 0 radical (unpaired) electrons. The first-order valence-electron chi connectivity index (χ1n) is 14.3. The quantitative estimate of drug-likeness (QED) is 0.196. The zero-order chi connectivity index (χ0) is 31.5. The maximum atomic E-state index is 15.4. The van der Waals surface area contributed by atoms with Crippen LogP contribution in [0.4, 0.5) is 8.78 Å². The minimum Gasteiger partial charge on any atom is -0.485 e. The van der Waals surface area contributed by atoms with Crippen molar-refractivity contribution < 1.29 is 35.9 Å². The van der Waals surface area contributed by atoms with E-state index in [1.54, 1.807) is 32.0 Å². The number of nitrogens with one attached hydrogen (secondary N) is 1.